The molecule has 0 saturated carbocycles. The minimum atomic E-state index is -0.307. The molecule has 0 bridgehead atoms. The normalized spacial score (nSPS) is 17.0. The molecule has 0 spiro atoms. The van der Waals surface area contributed by atoms with Gasteiger partial charge in [-0.1, -0.05) is 0 Å². The van der Waals surface area contributed by atoms with Crippen molar-refractivity contribution in [2.24, 2.45) is 5.73 Å². The third-order valence-corrected chi connectivity index (χ3v) is 3.96. The molecule has 0 aromatic carbocycles. The smallest absolute Gasteiger partial charge is 0.242 e. The molecule has 2 amide bonds. The predicted octanol–water partition coefficient (Wildman–Crippen LogP) is -0.0978. The molecule has 1 aliphatic heterocycles. The van der Waals surface area contributed by atoms with E-state index in [4.69, 9.17) is 19.9 Å². The topological polar surface area (TPSA) is 103 Å². The van der Waals surface area contributed by atoms with Gasteiger partial charge in [-0.05, 0) is 32.2 Å². The highest BCUT2D eigenvalue weighted by molar-refractivity contribution is 5.87. The number of nitrogens with zero attached hydrogens (tertiary/aromatic N) is 1. The molecule has 0 radical (unpaired) electrons. The van der Waals surface area contributed by atoms with E-state index in [9.17, 15) is 9.59 Å². The molecule has 8 heteroatoms. The third-order valence-electron chi connectivity index (χ3n) is 3.96. The zero-order chi connectivity index (χ0) is 18.3. The van der Waals surface area contributed by atoms with Gasteiger partial charge in [-0.2, -0.15) is 0 Å². The number of carbonyl (C=O) groups excluding carboxylic acids is 2. The summed E-state index contributed by atoms with van der Waals surface area (Å²) in [5.74, 6) is -0.101. The van der Waals surface area contributed by atoms with Gasteiger partial charge in [0.25, 0.3) is 0 Å². The van der Waals surface area contributed by atoms with Crippen LogP contribution in [0, 0.1) is 0 Å². The number of nitrogens with one attached hydrogen (secondary N) is 1. The van der Waals surface area contributed by atoms with Crippen LogP contribution in [0.15, 0.2) is 0 Å². The molecule has 1 fully saturated rings. The van der Waals surface area contributed by atoms with Crippen LogP contribution in [-0.2, 0) is 23.8 Å². The number of hydrogen-bond donors (Lipinski definition) is 2. The molecule has 3 N–H and O–H groups in total. The highest BCUT2D eigenvalue weighted by Crippen LogP contribution is 2.17. The van der Waals surface area contributed by atoms with Crippen molar-refractivity contribution in [2.75, 3.05) is 59.3 Å². The summed E-state index contributed by atoms with van der Waals surface area (Å²) < 4.78 is 16.1. The lowest BCUT2D eigenvalue weighted by Gasteiger charge is -2.22. The number of likely N-dealkylation sites (tertiary alicyclic amines) is 1. The molecule has 0 aromatic rings. The number of rotatable bonds is 14. The van der Waals surface area contributed by atoms with Crippen molar-refractivity contribution in [3.8, 4) is 0 Å². The summed E-state index contributed by atoms with van der Waals surface area (Å²) in [7, 11) is 0. The highest BCUT2D eigenvalue weighted by atomic mass is 16.5. The van der Waals surface area contributed by atoms with Crippen LogP contribution in [0.1, 0.15) is 32.6 Å². The monoisotopic (exact) mass is 359 g/mol. The van der Waals surface area contributed by atoms with Crippen molar-refractivity contribution < 1.29 is 23.8 Å². The molecule has 1 unspecified atom stereocenters. The van der Waals surface area contributed by atoms with Gasteiger partial charge in [-0.25, -0.2) is 0 Å². The van der Waals surface area contributed by atoms with Gasteiger partial charge in [-0.3, -0.25) is 9.59 Å². The zero-order valence-electron chi connectivity index (χ0n) is 15.3. The highest BCUT2D eigenvalue weighted by Gasteiger charge is 2.31. The van der Waals surface area contributed by atoms with Gasteiger partial charge >= 0.3 is 0 Å². The van der Waals surface area contributed by atoms with Crippen LogP contribution in [0.25, 0.3) is 0 Å². The van der Waals surface area contributed by atoms with E-state index >= 15 is 0 Å². The number of nitrogens with two attached hydrogens (primary N) is 1. The van der Waals surface area contributed by atoms with E-state index in [2.05, 4.69) is 5.32 Å². The molecule has 1 atom stereocenters. The fourth-order valence-electron chi connectivity index (χ4n) is 2.65. The maximum absolute atomic E-state index is 12.1. The van der Waals surface area contributed by atoms with E-state index in [1.165, 1.54) is 6.92 Å². The van der Waals surface area contributed by atoms with Gasteiger partial charge in [-0.15, -0.1) is 0 Å². The van der Waals surface area contributed by atoms with Crippen LogP contribution < -0.4 is 11.1 Å². The lowest BCUT2D eigenvalue weighted by atomic mass is 10.2. The molecule has 1 rings (SSSR count). The van der Waals surface area contributed by atoms with E-state index in [1.807, 2.05) is 0 Å². The summed E-state index contributed by atoms with van der Waals surface area (Å²) in [5.41, 5.74) is 5.36. The first-order valence-corrected chi connectivity index (χ1v) is 9.15. The molecule has 0 aliphatic carbocycles. The molecule has 1 heterocycles. The summed E-state index contributed by atoms with van der Waals surface area (Å²) in [6.45, 7) is 6.80. The molecular formula is C17H33N3O5. The van der Waals surface area contributed by atoms with Crippen molar-refractivity contribution in [3.05, 3.63) is 0 Å². The third kappa shape index (κ3) is 9.74. The maximum atomic E-state index is 12.1. The first-order chi connectivity index (χ1) is 12.2. The van der Waals surface area contributed by atoms with E-state index in [1.54, 1.807) is 4.90 Å². The largest absolute Gasteiger partial charge is 0.379 e. The Hall–Kier alpha value is -1.22. The first-order valence-electron chi connectivity index (χ1n) is 9.15. The Labute approximate surface area is 150 Å². The second kappa shape index (κ2) is 14.0. The zero-order valence-corrected chi connectivity index (χ0v) is 15.3. The number of hydrogen-bond acceptors (Lipinski definition) is 6. The van der Waals surface area contributed by atoms with Crippen LogP contribution in [0.3, 0.4) is 0 Å². The van der Waals surface area contributed by atoms with E-state index in [0.717, 1.165) is 25.7 Å². The van der Waals surface area contributed by atoms with Crippen molar-refractivity contribution >= 4 is 11.8 Å². The summed E-state index contributed by atoms with van der Waals surface area (Å²) in [5, 5.41) is 2.88. The average molecular weight is 359 g/mol. The predicted molar refractivity (Wildman–Crippen MR) is 94.2 cm³/mol. The van der Waals surface area contributed by atoms with Gasteiger partial charge in [0.1, 0.15) is 6.04 Å². The Morgan fingerprint density at radius 1 is 1.04 bits per heavy atom. The first kappa shape index (κ1) is 21.8. The molecular weight excluding hydrogens is 326 g/mol. The van der Waals surface area contributed by atoms with E-state index in [-0.39, 0.29) is 17.9 Å². The van der Waals surface area contributed by atoms with Crippen LogP contribution in [0.2, 0.25) is 0 Å². The Kier molecular flexibility index (Phi) is 12.2. The van der Waals surface area contributed by atoms with Crippen LogP contribution >= 0.6 is 0 Å². The second-order valence-electron chi connectivity index (χ2n) is 5.99. The second-order valence-corrected chi connectivity index (χ2v) is 5.99. The van der Waals surface area contributed by atoms with Gasteiger partial charge in [0.15, 0.2) is 0 Å². The maximum Gasteiger partial charge on any atom is 0.242 e. The lowest BCUT2D eigenvalue weighted by molar-refractivity contribution is -0.136. The summed E-state index contributed by atoms with van der Waals surface area (Å²) >= 11 is 0. The van der Waals surface area contributed by atoms with Gasteiger partial charge in [0, 0.05) is 33.2 Å². The number of amides is 2. The molecule has 1 aliphatic rings. The number of carbonyl (C=O) groups is 2. The van der Waals surface area contributed by atoms with Crippen molar-refractivity contribution in [1.29, 1.82) is 0 Å². The molecule has 8 nitrogen and oxygen atoms in total. The molecule has 146 valence electrons. The van der Waals surface area contributed by atoms with Crippen LogP contribution in [0.4, 0.5) is 0 Å². The van der Waals surface area contributed by atoms with Crippen LogP contribution in [0.5, 0.6) is 0 Å². The molecule has 1 saturated heterocycles. The fraction of sp³-hybridized carbons (Fsp3) is 0.882. The van der Waals surface area contributed by atoms with E-state index in [0.29, 0.717) is 59.3 Å². The Balaban J connectivity index is 1.88. The van der Waals surface area contributed by atoms with Crippen molar-refractivity contribution in [3.63, 3.8) is 0 Å². The Morgan fingerprint density at radius 2 is 1.64 bits per heavy atom. The summed E-state index contributed by atoms with van der Waals surface area (Å²) in [6.07, 6.45) is 3.24. The summed E-state index contributed by atoms with van der Waals surface area (Å²) in [4.78, 5) is 25.2. The quantitative estimate of drug-likeness (QED) is 0.420. The SMILES string of the molecule is CC(=O)N1CCCC1C(=O)NCCCOCCOCCOCCCN. The average Bonchev–Trinajstić information content (AvgIpc) is 3.09. The van der Waals surface area contributed by atoms with Crippen molar-refractivity contribution in [1.82, 2.24) is 10.2 Å². The Morgan fingerprint density at radius 3 is 2.24 bits per heavy atom. The number of ether oxygens (including phenoxy) is 3. The fourth-order valence-corrected chi connectivity index (χ4v) is 2.65. The van der Waals surface area contributed by atoms with Gasteiger partial charge < -0.3 is 30.2 Å². The standard InChI is InChI=1S/C17H33N3O5/c1-15(21)20-8-2-5-16(20)17(22)19-7-4-10-24-12-14-25-13-11-23-9-3-6-18/h16H,2-14,18H2,1H3,(H,19,22). The Bertz CT molecular complexity index is 381. The van der Waals surface area contributed by atoms with Gasteiger partial charge in [0.2, 0.25) is 11.8 Å². The van der Waals surface area contributed by atoms with E-state index < -0.39 is 0 Å². The summed E-state index contributed by atoms with van der Waals surface area (Å²) in [6, 6.07) is -0.307. The lowest BCUT2D eigenvalue weighted by Crippen LogP contribution is -2.45. The van der Waals surface area contributed by atoms with Crippen LogP contribution in [-0.4, -0.2) is 82.0 Å². The minimum Gasteiger partial charge on any atom is -0.379 e. The van der Waals surface area contributed by atoms with Gasteiger partial charge in [0.05, 0.1) is 26.4 Å². The van der Waals surface area contributed by atoms with Crippen molar-refractivity contribution in [2.45, 2.75) is 38.6 Å². The molecule has 25 heavy (non-hydrogen) atoms. The molecule has 0 aromatic heterocycles. The minimum absolute atomic E-state index is 0.0363.